The molecule has 0 bridgehead atoms. The number of benzene rings is 2. The third-order valence-corrected chi connectivity index (χ3v) is 3.92. The van der Waals surface area contributed by atoms with Crippen LogP contribution in [0.3, 0.4) is 0 Å². The minimum absolute atomic E-state index is 0.711. The van der Waals surface area contributed by atoms with Crippen molar-refractivity contribution in [2.75, 3.05) is 7.11 Å². The smallest absolute Gasteiger partial charge is 0.217 e. The summed E-state index contributed by atoms with van der Waals surface area (Å²) in [6.07, 6.45) is 0.832. The molecule has 0 aliphatic rings. The third-order valence-electron chi connectivity index (χ3n) is 3.25. The van der Waals surface area contributed by atoms with E-state index >= 15 is 0 Å². The standard InChI is InChI=1S/C17H14INO/c1-20-17-14(9-12-5-3-2-4-6-12)10-13-11-15(18)7-8-16(13)19-17/h2-8,10-11H,9H2,1H3. The number of halogens is 1. The van der Waals surface area contributed by atoms with Gasteiger partial charge >= 0.3 is 0 Å². The van der Waals surface area contributed by atoms with E-state index in [-0.39, 0.29) is 0 Å². The monoisotopic (exact) mass is 375 g/mol. The highest BCUT2D eigenvalue weighted by molar-refractivity contribution is 14.1. The maximum atomic E-state index is 5.44. The first-order valence-electron chi connectivity index (χ1n) is 6.43. The number of fused-ring (bicyclic) bond motifs is 1. The normalized spacial score (nSPS) is 10.7. The van der Waals surface area contributed by atoms with Gasteiger partial charge in [-0.25, -0.2) is 4.98 Å². The highest BCUT2D eigenvalue weighted by Gasteiger charge is 2.08. The number of pyridine rings is 1. The SMILES string of the molecule is COc1nc2ccc(I)cc2cc1Cc1ccccc1. The fraction of sp³-hybridized carbons (Fsp3) is 0.118. The molecule has 0 saturated carbocycles. The number of nitrogens with zero attached hydrogens (tertiary/aromatic N) is 1. The van der Waals surface area contributed by atoms with Gasteiger partial charge in [-0.15, -0.1) is 0 Å². The Morgan fingerprint density at radius 1 is 1.05 bits per heavy atom. The fourth-order valence-corrected chi connectivity index (χ4v) is 2.81. The predicted octanol–water partition coefficient (Wildman–Crippen LogP) is 4.44. The van der Waals surface area contributed by atoms with E-state index in [1.165, 1.54) is 9.13 Å². The van der Waals surface area contributed by atoms with Gasteiger partial charge in [0, 0.05) is 20.9 Å². The number of hydrogen-bond acceptors (Lipinski definition) is 2. The summed E-state index contributed by atoms with van der Waals surface area (Å²) in [6.45, 7) is 0. The van der Waals surface area contributed by atoms with Gasteiger partial charge in [0.1, 0.15) is 0 Å². The fourth-order valence-electron chi connectivity index (χ4n) is 2.29. The molecule has 1 aromatic heterocycles. The zero-order valence-corrected chi connectivity index (χ0v) is 13.3. The van der Waals surface area contributed by atoms with Gasteiger partial charge < -0.3 is 4.74 Å². The Bertz CT molecular complexity index is 741. The van der Waals surface area contributed by atoms with Gasteiger partial charge in [0.15, 0.2) is 0 Å². The van der Waals surface area contributed by atoms with E-state index in [9.17, 15) is 0 Å². The molecule has 2 aromatic carbocycles. The average molecular weight is 375 g/mol. The molecule has 1 heterocycles. The van der Waals surface area contributed by atoms with E-state index in [2.05, 4.69) is 70.0 Å². The van der Waals surface area contributed by atoms with Crippen LogP contribution in [-0.4, -0.2) is 12.1 Å². The van der Waals surface area contributed by atoms with Crippen molar-refractivity contribution < 1.29 is 4.74 Å². The largest absolute Gasteiger partial charge is 0.481 e. The second-order valence-electron chi connectivity index (χ2n) is 4.66. The van der Waals surface area contributed by atoms with Crippen molar-refractivity contribution in [1.82, 2.24) is 4.98 Å². The van der Waals surface area contributed by atoms with Crippen LogP contribution < -0.4 is 4.74 Å². The van der Waals surface area contributed by atoms with Gasteiger partial charge in [-0.3, -0.25) is 0 Å². The van der Waals surface area contributed by atoms with Crippen LogP contribution in [0.2, 0.25) is 0 Å². The molecule has 0 atom stereocenters. The van der Waals surface area contributed by atoms with Crippen LogP contribution in [0.25, 0.3) is 10.9 Å². The van der Waals surface area contributed by atoms with Gasteiger partial charge in [0.2, 0.25) is 5.88 Å². The second-order valence-corrected chi connectivity index (χ2v) is 5.90. The Balaban J connectivity index is 2.08. The lowest BCUT2D eigenvalue weighted by atomic mass is 10.0. The summed E-state index contributed by atoms with van der Waals surface area (Å²) < 4.78 is 6.66. The van der Waals surface area contributed by atoms with E-state index in [0.717, 1.165) is 22.9 Å². The Hall–Kier alpha value is -1.62. The van der Waals surface area contributed by atoms with Gasteiger partial charge in [0.05, 0.1) is 12.6 Å². The summed E-state index contributed by atoms with van der Waals surface area (Å²) in [5.74, 6) is 0.711. The van der Waals surface area contributed by atoms with Gasteiger partial charge in [-0.05, 0) is 52.4 Å². The average Bonchev–Trinajstić information content (AvgIpc) is 2.47. The predicted molar refractivity (Wildman–Crippen MR) is 90.3 cm³/mol. The number of rotatable bonds is 3. The Morgan fingerprint density at radius 2 is 1.85 bits per heavy atom. The first-order valence-corrected chi connectivity index (χ1v) is 7.51. The zero-order valence-electron chi connectivity index (χ0n) is 11.1. The molecule has 3 rings (SSSR count). The van der Waals surface area contributed by atoms with Crippen LogP contribution in [0.15, 0.2) is 54.6 Å². The molecular formula is C17H14INO. The van der Waals surface area contributed by atoms with E-state index < -0.39 is 0 Å². The lowest BCUT2D eigenvalue weighted by Crippen LogP contribution is -1.97. The van der Waals surface area contributed by atoms with E-state index in [4.69, 9.17) is 4.74 Å². The van der Waals surface area contributed by atoms with Crippen LogP contribution in [0.5, 0.6) is 5.88 Å². The summed E-state index contributed by atoms with van der Waals surface area (Å²) in [7, 11) is 1.68. The molecule has 0 aliphatic heterocycles. The van der Waals surface area contributed by atoms with Crippen LogP contribution in [-0.2, 0) is 6.42 Å². The maximum Gasteiger partial charge on any atom is 0.217 e. The Morgan fingerprint density at radius 3 is 2.60 bits per heavy atom. The van der Waals surface area contributed by atoms with Crippen molar-refractivity contribution in [2.24, 2.45) is 0 Å². The first-order chi connectivity index (χ1) is 9.76. The molecule has 0 saturated heterocycles. The summed E-state index contributed by atoms with van der Waals surface area (Å²) >= 11 is 2.32. The molecule has 0 fully saturated rings. The lowest BCUT2D eigenvalue weighted by molar-refractivity contribution is 0.395. The quantitative estimate of drug-likeness (QED) is 0.632. The molecule has 20 heavy (non-hydrogen) atoms. The number of ether oxygens (including phenoxy) is 1. The van der Waals surface area contributed by atoms with E-state index in [0.29, 0.717) is 5.88 Å². The molecule has 0 N–H and O–H groups in total. The van der Waals surface area contributed by atoms with Crippen molar-refractivity contribution in [3.63, 3.8) is 0 Å². The van der Waals surface area contributed by atoms with E-state index in [1.807, 2.05) is 12.1 Å². The molecule has 100 valence electrons. The molecular weight excluding hydrogens is 361 g/mol. The molecule has 0 amide bonds. The first kappa shape index (κ1) is 13.4. The molecule has 0 aliphatic carbocycles. The number of methoxy groups -OCH3 is 1. The molecule has 2 nitrogen and oxygen atoms in total. The van der Waals surface area contributed by atoms with E-state index in [1.54, 1.807) is 7.11 Å². The van der Waals surface area contributed by atoms with Crippen LogP contribution in [0.1, 0.15) is 11.1 Å². The van der Waals surface area contributed by atoms with Crippen molar-refractivity contribution in [3.05, 3.63) is 69.3 Å². The van der Waals surface area contributed by atoms with Crippen molar-refractivity contribution in [3.8, 4) is 5.88 Å². The minimum Gasteiger partial charge on any atom is -0.481 e. The third kappa shape index (κ3) is 2.77. The molecule has 0 radical (unpaired) electrons. The zero-order chi connectivity index (χ0) is 13.9. The molecule has 0 unspecified atom stereocenters. The van der Waals surface area contributed by atoms with Gasteiger partial charge in [-0.1, -0.05) is 30.3 Å². The van der Waals surface area contributed by atoms with Crippen molar-refractivity contribution >= 4 is 33.5 Å². The highest BCUT2D eigenvalue weighted by atomic mass is 127. The maximum absolute atomic E-state index is 5.44. The van der Waals surface area contributed by atoms with Crippen LogP contribution in [0.4, 0.5) is 0 Å². The number of aromatic nitrogens is 1. The van der Waals surface area contributed by atoms with Gasteiger partial charge in [-0.2, -0.15) is 0 Å². The summed E-state index contributed by atoms with van der Waals surface area (Å²) in [5.41, 5.74) is 3.35. The van der Waals surface area contributed by atoms with Gasteiger partial charge in [0.25, 0.3) is 0 Å². The Labute approximate surface area is 131 Å². The molecule has 3 aromatic rings. The van der Waals surface area contributed by atoms with Crippen molar-refractivity contribution in [2.45, 2.75) is 6.42 Å². The Kier molecular flexibility index (Phi) is 3.87. The van der Waals surface area contributed by atoms with Crippen LogP contribution >= 0.6 is 22.6 Å². The topological polar surface area (TPSA) is 22.1 Å². The van der Waals surface area contributed by atoms with Crippen LogP contribution in [0, 0.1) is 3.57 Å². The summed E-state index contributed by atoms with van der Waals surface area (Å²) in [6, 6.07) is 18.8. The second kappa shape index (κ2) is 5.79. The van der Waals surface area contributed by atoms with Crippen molar-refractivity contribution in [1.29, 1.82) is 0 Å². The minimum atomic E-state index is 0.711. The number of hydrogen-bond donors (Lipinski definition) is 0. The summed E-state index contributed by atoms with van der Waals surface area (Å²) in [5, 5.41) is 1.16. The molecule has 3 heteroatoms. The highest BCUT2D eigenvalue weighted by Crippen LogP contribution is 2.25. The summed E-state index contributed by atoms with van der Waals surface area (Å²) in [4.78, 5) is 4.61. The molecule has 0 spiro atoms. The lowest BCUT2D eigenvalue weighted by Gasteiger charge is -2.10.